The van der Waals surface area contributed by atoms with Crippen molar-refractivity contribution in [2.75, 3.05) is 13.1 Å². The van der Waals surface area contributed by atoms with E-state index in [4.69, 9.17) is 16.7 Å². The van der Waals surface area contributed by atoms with Crippen molar-refractivity contribution in [1.82, 2.24) is 10.6 Å². The normalized spacial score (nSPS) is 9.76. The summed E-state index contributed by atoms with van der Waals surface area (Å²) in [6.07, 6.45) is 0. The van der Waals surface area contributed by atoms with E-state index in [1.165, 1.54) is 6.07 Å². The zero-order chi connectivity index (χ0) is 16.0. The number of nitrogens with one attached hydrogen (secondary N) is 2. The van der Waals surface area contributed by atoms with Gasteiger partial charge in [0.25, 0.3) is 11.6 Å². The molecule has 2 amide bonds. The lowest BCUT2D eigenvalue weighted by Crippen LogP contribution is -2.39. The number of nitro groups is 1. The molecule has 0 atom stereocenters. The number of nitrogens with zero attached hydrogens (tertiary/aromatic N) is 1. The van der Waals surface area contributed by atoms with E-state index in [9.17, 15) is 24.5 Å². The second-order valence-corrected chi connectivity index (χ2v) is 4.18. The third-order valence-corrected chi connectivity index (χ3v) is 2.58. The van der Waals surface area contributed by atoms with Crippen LogP contribution in [0.2, 0.25) is 5.02 Å². The Kier molecular flexibility index (Phi) is 5.61. The second-order valence-electron chi connectivity index (χ2n) is 3.77. The second kappa shape index (κ2) is 7.20. The summed E-state index contributed by atoms with van der Waals surface area (Å²) in [6.45, 7) is -1.06. The number of amides is 2. The Balaban J connectivity index is 2.67. The molecule has 0 aliphatic heterocycles. The van der Waals surface area contributed by atoms with Gasteiger partial charge in [0, 0.05) is 12.1 Å². The van der Waals surface area contributed by atoms with Gasteiger partial charge in [-0.2, -0.15) is 0 Å². The standard InChI is InChI=1S/C11H10ClN3O6/c12-8-2-1-6(15(20)21)3-7(8)11(19)14-4-9(16)13-5-10(17)18/h1-3H,4-5H2,(H,13,16)(H,14,19)(H,17,18). The van der Waals surface area contributed by atoms with Gasteiger partial charge in [-0.1, -0.05) is 11.6 Å². The number of nitro benzene ring substituents is 1. The number of hydrogen-bond acceptors (Lipinski definition) is 5. The van der Waals surface area contributed by atoms with Crippen LogP contribution in [0.3, 0.4) is 0 Å². The van der Waals surface area contributed by atoms with Crippen LogP contribution in [0.4, 0.5) is 5.69 Å². The summed E-state index contributed by atoms with van der Waals surface area (Å²) in [7, 11) is 0. The first-order valence-corrected chi connectivity index (χ1v) is 5.89. The van der Waals surface area contributed by atoms with Gasteiger partial charge < -0.3 is 15.7 Å². The summed E-state index contributed by atoms with van der Waals surface area (Å²) in [5, 5.41) is 23.2. The minimum absolute atomic E-state index is 0.0101. The largest absolute Gasteiger partial charge is 0.480 e. The quantitative estimate of drug-likeness (QED) is 0.505. The average molecular weight is 316 g/mol. The van der Waals surface area contributed by atoms with Gasteiger partial charge in [0.05, 0.1) is 22.1 Å². The predicted molar refractivity (Wildman–Crippen MR) is 71.1 cm³/mol. The molecule has 0 aromatic heterocycles. The summed E-state index contributed by atoms with van der Waals surface area (Å²) < 4.78 is 0. The van der Waals surface area contributed by atoms with Gasteiger partial charge >= 0.3 is 5.97 Å². The molecular weight excluding hydrogens is 306 g/mol. The van der Waals surface area contributed by atoms with Crippen LogP contribution >= 0.6 is 11.6 Å². The number of carbonyl (C=O) groups excluding carboxylic acids is 2. The molecule has 0 aliphatic carbocycles. The number of halogens is 1. The Hall–Kier alpha value is -2.68. The number of carboxylic acid groups (broad SMARTS) is 1. The highest BCUT2D eigenvalue weighted by Crippen LogP contribution is 2.21. The summed E-state index contributed by atoms with van der Waals surface area (Å²) >= 11 is 5.75. The van der Waals surface area contributed by atoms with E-state index in [0.717, 1.165) is 12.1 Å². The van der Waals surface area contributed by atoms with E-state index in [1.54, 1.807) is 0 Å². The third-order valence-electron chi connectivity index (χ3n) is 2.25. The van der Waals surface area contributed by atoms with Gasteiger partial charge in [-0.15, -0.1) is 0 Å². The van der Waals surface area contributed by atoms with E-state index in [-0.39, 0.29) is 16.3 Å². The lowest BCUT2D eigenvalue weighted by Gasteiger charge is -2.06. The van der Waals surface area contributed by atoms with Crippen LogP contribution < -0.4 is 10.6 Å². The fourth-order valence-electron chi connectivity index (χ4n) is 1.29. The molecule has 3 N–H and O–H groups in total. The Morgan fingerprint density at radius 3 is 2.48 bits per heavy atom. The number of carboxylic acids is 1. The first-order valence-electron chi connectivity index (χ1n) is 5.52. The van der Waals surface area contributed by atoms with Crippen molar-refractivity contribution < 1.29 is 24.4 Å². The van der Waals surface area contributed by atoms with Gasteiger partial charge in [-0.25, -0.2) is 0 Å². The van der Waals surface area contributed by atoms with Crippen LogP contribution in [0.15, 0.2) is 18.2 Å². The Morgan fingerprint density at radius 1 is 1.24 bits per heavy atom. The minimum Gasteiger partial charge on any atom is -0.480 e. The van der Waals surface area contributed by atoms with Crippen molar-refractivity contribution in [3.63, 3.8) is 0 Å². The molecule has 1 aromatic rings. The molecule has 0 aliphatic rings. The van der Waals surface area contributed by atoms with Gasteiger partial charge in [-0.05, 0) is 6.07 Å². The van der Waals surface area contributed by atoms with E-state index < -0.39 is 35.8 Å². The van der Waals surface area contributed by atoms with Crippen molar-refractivity contribution in [1.29, 1.82) is 0 Å². The molecule has 0 spiro atoms. The van der Waals surface area contributed by atoms with Crippen LogP contribution in [0.5, 0.6) is 0 Å². The van der Waals surface area contributed by atoms with E-state index in [0.29, 0.717) is 0 Å². The average Bonchev–Trinajstić information content (AvgIpc) is 2.42. The zero-order valence-corrected chi connectivity index (χ0v) is 11.2. The molecule has 21 heavy (non-hydrogen) atoms. The maximum atomic E-state index is 11.8. The number of carbonyl (C=O) groups is 3. The molecule has 0 radical (unpaired) electrons. The molecule has 0 fully saturated rings. The number of non-ortho nitro benzene ring substituents is 1. The SMILES string of the molecule is O=C(O)CNC(=O)CNC(=O)c1cc([N+](=O)[O-])ccc1Cl. The van der Waals surface area contributed by atoms with Crippen molar-refractivity contribution in [3.8, 4) is 0 Å². The number of benzene rings is 1. The third kappa shape index (κ3) is 5.07. The Bertz CT molecular complexity index is 604. The lowest BCUT2D eigenvalue weighted by atomic mass is 10.2. The molecule has 0 saturated heterocycles. The van der Waals surface area contributed by atoms with Crippen molar-refractivity contribution in [2.45, 2.75) is 0 Å². The minimum atomic E-state index is -1.23. The molecule has 1 rings (SSSR count). The Morgan fingerprint density at radius 2 is 1.90 bits per heavy atom. The number of hydrogen-bond donors (Lipinski definition) is 3. The highest BCUT2D eigenvalue weighted by atomic mass is 35.5. The highest BCUT2D eigenvalue weighted by molar-refractivity contribution is 6.34. The first kappa shape index (κ1) is 16.4. The Labute approximate surface area is 123 Å². The molecule has 0 heterocycles. The van der Waals surface area contributed by atoms with Crippen molar-refractivity contribution >= 4 is 35.1 Å². The van der Waals surface area contributed by atoms with Crippen LogP contribution in [0.1, 0.15) is 10.4 Å². The highest BCUT2D eigenvalue weighted by Gasteiger charge is 2.16. The number of aliphatic carboxylic acids is 1. The first-order chi connectivity index (χ1) is 9.81. The molecule has 10 heteroatoms. The van der Waals surface area contributed by atoms with Crippen LogP contribution in [-0.2, 0) is 9.59 Å². The van der Waals surface area contributed by atoms with Gasteiger partial charge in [-0.3, -0.25) is 24.5 Å². The summed E-state index contributed by atoms with van der Waals surface area (Å²) in [6, 6.07) is 3.31. The maximum Gasteiger partial charge on any atom is 0.322 e. The van der Waals surface area contributed by atoms with Crippen molar-refractivity contribution in [2.24, 2.45) is 0 Å². The zero-order valence-electron chi connectivity index (χ0n) is 10.5. The fourth-order valence-corrected chi connectivity index (χ4v) is 1.50. The van der Waals surface area contributed by atoms with Gasteiger partial charge in [0.2, 0.25) is 5.91 Å². The topological polar surface area (TPSA) is 139 Å². The molecule has 0 saturated carbocycles. The monoisotopic (exact) mass is 315 g/mol. The van der Waals surface area contributed by atoms with Crippen LogP contribution in [0.25, 0.3) is 0 Å². The fraction of sp³-hybridized carbons (Fsp3) is 0.182. The van der Waals surface area contributed by atoms with E-state index in [2.05, 4.69) is 5.32 Å². The van der Waals surface area contributed by atoms with E-state index >= 15 is 0 Å². The molecule has 0 unspecified atom stereocenters. The van der Waals surface area contributed by atoms with Gasteiger partial charge in [0.15, 0.2) is 0 Å². The summed E-state index contributed by atoms with van der Waals surface area (Å²) in [5.41, 5.74) is -0.475. The molecule has 0 bridgehead atoms. The molecule has 9 nitrogen and oxygen atoms in total. The predicted octanol–water partition coefficient (Wildman–Crippen LogP) is 0.179. The number of rotatable bonds is 6. The lowest BCUT2D eigenvalue weighted by molar-refractivity contribution is -0.384. The van der Waals surface area contributed by atoms with Crippen LogP contribution in [0, 0.1) is 10.1 Å². The van der Waals surface area contributed by atoms with Crippen molar-refractivity contribution in [3.05, 3.63) is 38.9 Å². The van der Waals surface area contributed by atoms with E-state index in [1.807, 2.05) is 5.32 Å². The van der Waals surface area contributed by atoms with Gasteiger partial charge in [0.1, 0.15) is 6.54 Å². The molecular formula is C11H10ClN3O6. The maximum absolute atomic E-state index is 11.8. The smallest absolute Gasteiger partial charge is 0.322 e. The summed E-state index contributed by atoms with van der Waals surface area (Å²) in [4.78, 5) is 43.1. The molecule has 1 aromatic carbocycles. The summed E-state index contributed by atoms with van der Waals surface area (Å²) in [5.74, 6) is -2.72. The molecule has 112 valence electrons. The van der Waals surface area contributed by atoms with Crippen LogP contribution in [-0.4, -0.2) is 40.9 Å².